The molecule has 3 N–H and O–H groups in total. The molecule has 0 aromatic heterocycles. The van der Waals surface area contributed by atoms with Crippen molar-refractivity contribution >= 4 is 0 Å². The van der Waals surface area contributed by atoms with Crippen LogP contribution in [0.15, 0.2) is 0 Å². The van der Waals surface area contributed by atoms with Gasteiger partial charge in [0.1, 0.15) is 0 Å². The number of hydrogen-bond donors (Lipinski definition) is 3. The Labute approximate surface area is 71.4 Å². The van der Waals surface area contributed by atoms with Gasteiger partial charge >= 0.3 is 0 Å². The second-order valence-corrected chi connectivity index (χ2v) is 3.68. The minimum Gasteiger partial charge on any atom is -0.395 e. The van der Waals surface area contributed by atoms with Crippen LogP contribution < -0.4 is 0 Å². The fourth-order valence-electron chi connectivity index (χ4n) is 2.46. The molecule has 2 aliphatic heterocycles. The van der Waals surface area contributed by atoms with Crippen LogP contribution in [0.4, 0.5) is 0 Å². The molecule has 0 spiro atoms. The molecule has 2 rings (SSSR count). The van der Waals surface area contributed by atoms with Gasteiger partial charge in [0, 0.05) is 6.04 Å². The van der Waals surface area contributed by atoms with Crippen molar-refractivity contribution in [1.29, 1.82) is 0 Å². The Bertz CT molecular complexity index is 174. The third-order valence-electron chi connectivity index (χ3n) is 3.09. The largest absolute Gasteiger partial charge is 0.395 e. The standard InChI is InChI=1S/C8H15NO3/c10-4-6-8(12)7(11)5-2-1-3-9(5)6/h5-8,10-12H,1-4H2/t5-,6+,7+,8+/m1/s1. The molecule has 4 atom stereocenters. The van der Waals surface area contributed by atoms with Crippen LogP contribution in [-0.2, 0) is 0 Å². The molecule has 12 heavy (non-hydrogen) atoms. The van der Waals surface area contributed by atoms with Gasteiger partial charge in [-0.15, -0.1) is 0 Å². The van der Waals surface area contributed by atoms with Gasteiger partial charge in [-0.3, -0.25) is 4.90 Å². The summed E-state index contributed by atoms with van der Waals surface area (Å²) in [7, 11) is 0. The van der Waals surface area contributed by atoms with Gasteiger partial charge in [0.05, 0.1) is 24.9 Å². The molecule has 0 aromatic rings. The highest BCUT2D eigenvalue weighted by molar-refractivity contribution is 5.03. The Hall–Kier alpha value is -0.160. The summed E-state index contributed by atoms with van der Waals surface area (Å²) in [5, 5.41) is 28.1. The van der Waals surface area contributed by atoms with Crippen molar-refractivity contribution in [2.75, 3.05) is 13.2 Å². The van der Waals surface area contributed by atoms with Gasteiger partial charge in [-0.1, -0.05) is 0 Å². The van der Waals surface area contributed by atoms with Crippen LogP contribution in [0, 0.1) is 0 Å². The fourth-order valence-corrected chi connectivity index (χ4v) is 2.46. The topological polar surface area (TPSA) is 63.9 Å². The van der Waals surface area contributed by atoms with Crippen LogP contribution >= 0.6 is 0 Å². The minimum atomic E-state index is -0.764. The molecule has 2 saturated heterocycles. The third-order valence-corrected chi connectivity index (χ3v) is 3.09. The van der Waals surface area contributed by atoms with Gasteiger partial charge < -0.3 is 15.3 Å². The van der Waals surface area contributed by atoms with Crippen LogP contribution in [0.5, 0.6) is 0 Å². The van der Waals surface area contributed by atoms with E-state index in [1.807, 2.05) is 4.90 Å². The molecule has 0 aromatic carbocycles. The second-order valence-electron chi connectivity index (χ2n) is 3.68. The van der Waals surface area contributed by atoms with E-state index in [1.165, 1.54) is 0 Å². The lowest BCUT2D eigenvalue weighted by Crippen LogP contribution is -2.38. The zero-order valence-electron chi connectivity index (χ0n) is 6.93. The number of rotatable bonds is 1. The molecule has 0 bridgehead atoms. The minimum absolute atomic E-state index is 0.0608. The maximum absolute atomic E-state index is 9.57. The summed E-state index contributed by atoms with van der Waals surface area (Å²) in [6, 6.07) is -0.162. The van der Waals surface area contributed by atoms with E-state index in [9.17, 15) is 10.2 Å². The fraction of sp³-hybridized carbons (Fsp3) is 1.00. The van der Waals surface area contributed by atoms with E-state index in [0.29, 0.717) is 0 Å². The van der Waals surface area contributed by atoms with Crippen molar-refractivity contribution in [2.24, 2.45) is 0 Å². The monoisotopic (exact) mass is 173 g/mol. The van der Waals surface area contributed by atoms with Crippen molar-refractivity contribution in [3.8, 4) is 0 Å². The molecule has 4 nitrogen and oxygen atoms in total. The quantitative estimate of drug-likeness (QED) is 0.454. The SMILES string of the molecule is OC[C@H]1[C@H](O)[C@@H](O)[C@H]2CCCN21. The van der Waals surface area contributed by atoms with E-state index in [-0.39, 0.29) is 18.7 Å². The van der Waals surface area contributed by atoms with Gasteiger partial charge in [0.2, 0.25) is 0 Å². The van der Waals surface area contributed by atoms with E-state index in [1.54, 1.807) is 0 Å². The predicted molar refractivity (Wildman–Crippen MR) is 42.6 cm³/mol. The first-order valence-electron chi connectivity index (χ1n) is 4.48. The Kier molecular flexibility index (Phi) is 2.08. The number of fused-ring (bicyclic) bond motifs is 1. The third kappa shape index (κ3) is 0.992. The molecule has 0 saturated carbocycles. The summed E-state index contributed by atoms with van der Waals surface area (Å²) in [4.78, 5) is 2.02. The lowest BCUT2D eigenvalue weighted by atomic mass is 10.1. The molecule has 0 aliphatic carbocycles. The number of aliphatic hydroxyl groups is 3. The van der Waals surface area contributed by atoms with E-state index in [2.05, 4.69) is 0 Å². The van der Waals surface area contributed by atoms with Crippen LogP contribution in [0.3, 0.4) is 0 Å². The summed E-state index contributed by atoms with van der Waals surface area (Å²) in [5.74, 6) is 0. The Morgan fingerprint density at radius 1 is 1.25 bits per heavy atom. The zero-order chi connectivity index (χ0) is 8.72. The van der Waals surface area contributed by atoms with E-state index >= 15 is 0 Å². The summed E-state index contributed by atoms with van der Waals surface area (Å²) in [6.07, 6.45) is 0.574. The Balaban J connectivity index is 2.15. The van der Waals surface area contributed by atoms with Gasteiger partial charge in [-0.25, -0.2) is 0 Å². The highest BCUT2D eigenvalue weighted by Gasteiger charge is 2.48. The first-order chi connectivity index (χ1) is 5.75. The number of hydrogen-bond acceptors (Lipinski definition) is 4. The van der Waals surface area contributed by atoms with E-state index in [4.69, 9.17) is 5.11 Å². The average Bonchev–Trinajstić information content (AvgIpc) is 2.59. The van der Waals surface area contributed by atoms with Crippen molar-refractivity contribution in [1.82, 2.24) is 4.90 Å². The maximum atomic E-state index is 9.57. The molecular formula is C8H15NO3. The van der Waals surface area contributed by atoms with Crippen LogP contribution in [0.1, 0.15) is 12.8 Å². The van der Waals surface area contributed by atoms with Gasteiger partial charge in [0.25, 0.3) is 0 Å². The lowest BCUT2D eigenvalue weighted by Gasteiger charge is -2.21. The molecule has 0 unspecified atom stereocenters. The molecule has 70 valence electrons. The van der Waals surface area contributed by atoms with Crippen molar-refractivity contribution in [3.63, 3.8) is 0 Å². The van der Waals surface area contributed by atoms with Crippen molar-refractivity contribution in [3.05, 3.63) is 0 Å². The maximum Gasteiger partial charge on any atom is 0.0991 e. The Morgan fingerprint density at radius 3 is 2.67 bits per heavy atom. The van der Waals surface area contributed by atoms with Crippen LogP contribution in [0.2, 0.25) is 0 Å². The summed E-state index contributed by atoms with van der Waals surface area (Å²) in [6.45, 7) is 0.832. The molecule has 0 amide bonds. The van der Waals surface area contributed by atoms with E-state index in [0.717, 1.165) is 19.4 Å². The highest BCUT2D eigenvalue weighted by atomic mass is 16.3. The zero-order valence-corrected chi connectivity index (χ0v) is 6.93. The van der Waals surface area contributed by atoms with Gasteiger partial charge in [-0.2, -0.15) is 0 Å². The molecule has 2 fully saturated rings. The molecule has 2 aliphatic rings. The lowest BCUT2D eigenvalue weighted by molar-refractivity contribution is 0.0154. The number of nitrogens with zero attached hydrogens (tertiary/aromatic N) is 1. The smallest absolute Gasteiger partial charge is 0.0991 e. The number of aliphatic hydroxyl groups excluding tert-OH is 3. The summed E-state index contributed by atoms with van der Waals surface area (Å²) in [5.41, 5.74) is 0. The normalized spacial score (nSPS) is 48.2. The van der Waals surface area contributed by atoms with E-state index < -0.39 is 12.2 Å². The summed E-state index contributed by atoms with van der Waals surface area (Å²) < 4.78 is 0. The molecule has 4 heteroatoms. The molecular weight excluding hydrogens is 158 g/mol. The second kappa shape index (κ2) is 2.96. The van der Waals surface area contributed by atoms with Gasteiger partial charge in [-0.05, 0) is 19.4 Å². The van der Waals surface area contributed by atoms with Crippen molar-refractivity contribution < 1.29 is 15.3 Å². The first kappa shape index (κ1) is 8.44. The highest BCUT2D eigenvalue weighted by Crippen LogP contribution is 2.32. The summed E-state index contributed by atoms with van der Waals surface area (Å²) >= 11 is 0. The average molecular weight is 173 g/mol. The molecule has 2 heterocycles. The van der Waals surface area contributed by atoms with Gasteiger partial charge in [0.15, 0.2) is 0 Å². The first-order valence-corrected chi connectivity index (χ1v) is 4.48. The Morgan fingerprint density at radius 2 is 2.00 bits per heavy atom. The van der Waals surface area contributed by atoms with Crippen LogP contribution in [-0.4, -0.2) is 57.7 Å². The molecule has 0 radical (unpaired) electrons. The predicted octanol–water partition coefficient (Wildman–Crippen LogP) is -1.45. The van der Waals surface area contributed by atoms with Crippen LogP contribution in [0.25, 0.3) is 0 Å². The van der Waals surface area contributed by atoms with Crippen molar-refractivity contribution in [2.45, 2.75) is 37.1 Å².